The number of ether oxygens (including phenoxy) is 1. The van der Waals surface area contributed by atoms with Crippen LogP contribution in [0.5, 0.6) is 5.75 Å². The van der Waals surface area contributed by atoms with Crippen molar-refractivity contribution in [2.75, 3.05) is 12.4 Å². The van der Waals surface area contributed by atoms with Crippen molar-refractivity contribution in [2.24, 2.45) is 0 Å². The summed E-state index contributed by atoms with van der Waals surface area (Å²) in [6.07, 6.45) is 1.89. The Labute approximate surface area is 184 Å². The molecule has 0 saturated carbocycles. The first-order valence-electron chi connectivity index (χ1n) is 9.93. The van der Waals surface area contributed by atoms with E-state index in [1.807, 2.05) is 28.8 Å². The quantitative estimate of drug-likeness (QED) is 0.460. The fourth-order valence-electron chi connectivity index (χ4n) is 2.90. The van der Waals surface area contributed by atoms with E-state index in [-0.39, 0.29) is 0 Å². The SMILES string of the molecule is CCCCn1c(SC(C)C(=O)Nc2c(F)cccc2F)nnc1-c1ccc(OC)cc1. The van der Waals surface area contributed by atoms with Crippen LogP contribution in [0, 0.1) is 11.6 Å². The fourth-order valence-corrected chi connectivity index (χ4v) is 3.78. The monoisotopic (exact) mass is 446 g/mol. The van der Waals surface area contributed by atoms with E-state index in [4.69, 9.17) is 4.74 Å². The van der Waals surface area contributed by atoms with E-state index in [0.717, 1.165) is 36.3 Å². The molecule has 1 N–H and O–H groups in total. The molecular formula is C22H24F2N4O2S. The number of unbranched alkanes of at least 4 members (excludes halogenated alkanes) is 1. The highest BCUT2D eigenvalue weighted by Crippen LogP contribution is 2.29. The van der Waals surface area contributed by atoms with Crippen LogP contribution in [0.4, 0.5) is 14.5 Å². The second-order valence-electron chi connectivity index (χ2n) is 6.89. The Kier molecular flexibility index (Phi) is 7.62. The predicted molar refractivity (Wildman–Crippen MR) is 117 cm³/mol. The summed E-state index contributed by atoms with van der Waals surface area (Å²) in [6.45, 7) is 4.43. The van der Waals surface area contributed by atoms with Crippen LogP contribution in [0.25, 0.3) is 11.4 Å². The number of carbonyl (C=O) groups excluding carboxylic acids is 1. The standard InChI is InChI=1S/C22H24F2N4O2S/c1-4-5-13-28-20(15-9-11-16(30-3)12-10-15)26-27-22(28)31-14(2)21(29)25-19-17(23)7-6-8-18(19)24/h6-12,14H,4-5,13H2,1-3H3,(H,25,29). The molecule has 0 spiro atoms. The van der Waals surface area contributed by atoms with Crippen LogP contribution < -0.4 is 10.1 Å². The summed E-state index contributed by atoms with van der Waals surface area (Å²) in [5.41, 5.74) is 0.424. The van der Waals surface area contributed by atoms with Gasteiger partial charge in [-0.2, -0.15) is 0 Å². The van der Waals surface area contributed by atoms with Crippen molar-refractivity contribution >= 4 is 23.4 Å². The molecule has 164 valence electrons. The number of hydrogen-bond acceptors (Lipinski definition) is 5. The minimum absolute atomic E-state index is 0.452. The minimum atomic E-state index is -0.821. The number of anilines is 1. The lowest BCUT2D eigenvalue weighted by Gasteiger charge is -2.14. The molecule has 0 aliphatic heterocycles. The lowest BCUT2D eigenvalue weighted by molar-refractivity contribution is -0.115. The van der Waals surface area contributed by atoms with Gasteiger partial charge in [0.1, 0.15) is 23.1 Å². The smallest absolute Gasteiger partial charge is 0.237 e. The number of nitrogens with zero attached hydrogens (tertiary/aromatic N) is 3. The fraction of sp³-hybridized carbons (Fsp3) is 0.318. The molecule has 0 bridgehead atoms. The van der Waals surface area contributed by atoms with Crippen LogP contribution in [-0.2, 0) is 11.3 Å². The molecule has 0 aliphatic rings. The molecule has 1 atom stereocenters. The van der Waals surface area contributed by atoms with Gasteiger partial charge in [-0.25, -0.2) is 8.78 Å². The summed E-state index contributed by atoms with van der Waals surface area (Å²) in [5.74, 6) is -0.739. The molecular weight excluding hydrogens is 422 g/mol. The molecule has 6 nitrogen and oxygen atoms in total. The average molecular weight is 447 g/mol. The van der Waals surface area contributed by atoms with Gasteiger partial charge >= 0.3 is 0 Å². The number of aromatic nitrogens is 3. The van der Waals surface area contributed by atoms with Gasteiger partial charge in [-0.05, 0) is 49.7 Å². The lowest BCUT2D eigenvalue weighted by Crippen LogP contribution is -2.24. The van der Waals surface area contributed by atoms with Crippen LogP contribution in [0.1, 0.15) is 26.7 Å². The Morgan fingerprint density at radius 3 is 2.45 bits per heavy atom. The molecule has 0 saturated heterocycles. The number of para-hydroxylation sites is 1. The Bertz CT molecular complexity index is 1020. The van der Waals surface area contributed by atoms with Crippen molar-refractivity contribution in [1.29, 1.82) is 0 Å². The first-order chi connectivity index (χ1) is 14.9. The number of methoxy groups -OCH3 is 1. The summed E-state index contributed by atoms with van der Waals surface area (Å²) < 4.78 is 34.9. The van der Waals surface area contributed by atoms with Crippen LogP contribution in [0.15, 0.2) is 47.6 Å². The molecule has 1 aromatic heterocycles. The van der Waals surface area contributed by atoms with E-state index in [0.29, 0.717) is 17.5 Å². The molecule has 0 aliphatic carbocycles. The summed E-state index contributed by atoms with van der Waals surface area (Å²) in [6, 6.07) is 10.9. The van der Waals surface area contributed by atoms with Crippen molar-refractivity contribution in [3.63, 3.8) is 0 Å². The van der Waals surface area contributed by atoms with Gasteiger partial charge in [0.05, 0.1) is 12.4 Å². The normalized spacial score (nSPS) is 11.9. The Hall–Kier alpha value is -2.94. The number of nitrogens with one attached hydrogen (secondary N) is 1. The molecule has 9 heteroatoms. The van der Waals surface area contributed by atoms with Gasteiger partial charge < -0.3 is 14.6 Å². The summed E-state index contributed by atoms with van der Waals surface area (Å²) in [4.78, 5) is 12.6. The number of thioether (sulfide) groups is 1. The Balaban J connectivity index is 1.81. The molecule has 2 aromatic carbocycles. The van der Waals surface area contributed by atoms with Crippen molar-refractivity contribution in [2.45, 2.75) is 43.6 Å². The van der Waals surface area contributed by atoms with Gasteiger partial charge in [0.25, 0.3) is 0 Å². The topological polar surface area (TPSA) is 69.0 Å². The first-order valence-corrected chi connectivity index (χ1v) is 10.8. The van der Waals surface area contributed by atoms with Crippen molar-refractivity contribution in [1.82, 2.24) is 14.8 Å². The zero-order valence-corrected chi connectivity index (χ0v) is 18.4. The van der Waals surface area contributed by atoms with Gasteiger partial charge in [0.2, 0.25) is 5.91 Å². The van der Waals surface area contributed by atoms with Crippen LogP contribution in [0.2, 0.25) is 0 Å². The van der Waals surface area contributed by atoms with Gasteiger partial charge in [0.15, 0.2) is 11.0 Å². The number of benzene rings is 2. The van der Waals surface area contributed by atoms with Crippen LogP contribution in [-0.4, -0.2) is 33.0 Å². The molecule has 3 rings (SSSR count). The van der Waals surface area contributed by atoms with Crippen molar-refractivity contribution in [3.05, 3.63) is 54.1 Å². The molecule has 1 heterocycles. The highest BCUT2D eigenvalue weighted by molar-refractivity contribution is 8.00. The predicted octanol–water partition coefficient (Wildman–Crippen LogP) is 5.15. The van der Waals surface area contributed by atoms with Gasteiger partial charge in [-0.1, -0.05) is 31.2 Å². The highest BCUT2D eigenvalue weighted by Gasteiger charge is 2.22. The summed E-state index contributed by atoms with van der Waals surface area (Å²) >= 11 is 1.19. The van der Waals surface area contributed by atoms with E-state index in [1.165, 1.54) is 17.8 Å². The molecule has 3 aromatic rings. The molecule has 0 radical (unpaired) electrons. The zero-order chi connectivity index (χ0) is 22.4. The number of halogens is 2. The lowest BCUT2D eigenvalue weighted by atomic mass is 10.2. The maximum absolute atomic E-state index is 13.9. The molecule has 1 unspecified atom stereocenters. The van der Waals surface area contributed by atoms with E-state index in [1.54, 1.807) is 14.0 Å². The molecule has 1 amide bonds. The third kappa shape index (κ3) is 5.41. The zero-order valence-electron chi connectivity index (χ0n) is 17.6. The van der Waals surface area contributed by atoms with Crippen molar-refractivity contribution < 1.29 is 18.3 Å². The molecule has 0 fully saturated rings. The van der Waals surface area contributed by atoms with Crippen molar-refractivity contribution in [3.8, 4) is 17.1 Å². The number of carbonyl (C=O) groups is 1. The second kappa shape index (κ2) is 10.4. The van der Waals surface area contributed by atoms with Gasteiger partial charge in [0, 0.05) is 12.1 Å². The Morgan fingerprint density at radius 2 is 1.84 bits per heavy atom. The molecule has 31 heavy (non-hydrogen) atoms. The summed E-state index contributed by atoms with van der Waals surface area (Å²) in [7, 11) is 1.60. The first kappa shape index (κ1) is 22.7. The number of amides is 1. The van der Waals surface area contributed by atoms with Crippen LogP contribution >= 0.6 is 11.8 Å². The third-order valence-electron chi connectivity index (χ3n) is 4.66. The highest BCUT2D eigenvalue weighted by atomic mass is 32.2. The van der Waals surface area contributed by atoms with Gasteiger partial charge in [-0.3, -0.25) is 4.79 Å². The number of rotatable bonds is 9. The van der Waals surface area contributed by atoms with E-state index in [2.05, 4.69) is 22.4 Å². The number of hydrogen-bond donors (Lipinski definition) is 1. The van der Waals surface area contributed by atoms with E-state index >= 15 is 0 Å². The largest absolute Gasteiger partial charge is 0.497 e. The van der Waals surface area contributed by atoms with E-state index < -0.39 is 28.5 Å². The van der Waals surface area contributed by atoms with Crippen LogP contribution in [0.3, 0.4) is 0 Å². The Morgan fingerprint density at radius 1 is 1.16 bits per heavy atom. The third-order valence-corrected chi connectivity index (χ3v) is 5.74. The van der Waals surface area contributed by atoms with Gasteiger partial charge in [-0.15, -0.1) is 10.2 Å². The van der Waals surface area contributed by atoms with E-state index in [9.17, 15) is 13.6 Å². The summed E-state index contributed by atoms with van der Waals surface area (Å²) in [5, 5.41) is 10.8. The second-order valence-corrected chi connectivity index (χ2v) is 8.19. The minimum Gasteiger partial charge on any atom is -0.497 e. The maximum atomic E-state index is 13.9. The maximum Gasteiger partial charge on any atom is 0.237 e. The average Bonchev–Trinajstić information content (AvgIpc) is 3.17.